The van der Waals surface area contributed by atoms with Gasteiger partial charge in [-0.1, -0.05) is 0 Å². The molecule has 0 saturated carbocycles. The molecule has 2 unspecified atom stereocenters. The first-order valence-electron chi connectivity index (χ1n) is 4.55. The molecule has 2 rings (SSSR count). The van der Waals surface area contributed by atoms with Crippen molar-refractivity contribution >= 4 is 0 Å². The zero-order chi connectivity index (χ0) is 9.26. The molecule has 1 fully saturated rings. The van der Waals surface area contributed by atoms with Gasteiger partial charge in [-0.05, 0) is 13.3 Å². The lowest BCUT2D eigenvalue weighted by Gasteiger charge is -2.04. The summed E-state index contributed by atoms with van der Waals surface area (Å²) >= 11 is 0. The Kier molecular flexibility index (Phi) is 2.33. The minimum absolute atomic E-state index is 0.320. The van der Waals surface area contributed by atoms with Gasteiger partial charge in [0, 0.05) is 12.5 Å². The average molecular weight is 182 g/mol. The minimum Gasteiger partial charge on any atom is -0.448 e. The molecule has 2 N–H and O–H groups in total. The molecule has 0 spiro atoms. The number of hydrogen-bond donors (Lipinski definition) is 1. The van der Waals surface area contributed by atoms with Gasteiger partial charge in [-0.25, -0.2) is 4.98 Å². The van der Waals surface area contributed by atoms with Crippen molar-refractivity contribution in [3.05, 3.63) is 17.8 Å². The van der Waals surface area contributed by atoms with Crippen LogP contribution >= 0.6 is 0 Å². The molecule has 2 heterocycles. The Morgan fingerprint density at radius 1 is 1.69 bits per heavy atom. The highest BCUT2D eigenvalue weighted by Gasteiger charge is 2.28. The topological polar surface area (TPSA) is 61.3 Å². The molecule has 13 heavy (non-hydrogen) atoms. The van der Waals surface area contributed by atoms with Crippen molar-refractivity contribution < 1.29 is 9.15 Å². The van der Waals surface area contributed by atoms with E-state index in [2.05, 4.69) is 11.9 Å². The maximum Gasteiger partial charge on any atom is 0.181 e. The minimum atomic E-state index is 0.320. The fraction of sp³-hybridized carbons (Fsp3) is 0.667. The molecule has 0 bridgehead atoms. The van der Waals surface area contributed by atoms with Crippen LogP contribution in [-0.4, -0.2) is 17.7 Å². The Morgan fingerprint density at radius 3 is 3.15 bits per heavy atom. The van der Waals surface area contributed by atoms with Gasteiger partial charge in [0.25, 0.3) is 0 Å². The first-order valence-corrected chi connectivity index (χ1v) is 4.55. The van der Waals surface area contributed by atoms with E-state index in [9.17, 15) is 0 Å². The third-order valence-electron chi connectivity index (χ3n) is 2.44. The molecular formula is C9H14N2O2. The van der Waals surface area contributed by atoms with Gasteiger partial charge < -0.3 is 14.9 Å². The van der Waals surface area contributed by atoms with Crippen LogP contribution in [0.2, 0.25) is 0 Å². The number of nitrogens with two attached hydrogens (primary N) is 1. The maximum atomic E-state index is 5.53. The second-order valence-electron chi connectivity index (χ2n) is 3.44. The lowest BCUT2D eigenvalue weighted by Crippen LogP contribution is -2.05. The molecule has 1 aromatic heterocycles. The predicted molar refractivity (Wildman–Crippen MR) is 47.2 cm³/mol. The summed E-state index contributed by atoms with van der Waals surface area (Å²) in [4.78, 5) is 4.06. The number of hydrogen-bond acceptors (Lipinski definition) is 4. The quantitative estimate of drug-likeness (QED) is 0.742. The van der Waals surface area contributed by atoms with Gasteiger partial charge in [0.1, 0.15) is 5.76 Å². The van der Waals surface area contributed by atoms with Crippen LogP contribution in [0.5, 0.6) is 0 Å². The molecule has 72 valence electrons. The second-order valence-corrected chi connectivity index (χ2v) is 3.44. The highest BCUT2D eigenvalue weighted by molar-refractivity contribution is 5.13. The molecule has 0 aliphatic carbocycles. The van der Waals surface area contributed by atoms with Crippen molar-refractivity contribution in [1.82, 2.24) is 4.98 Å². The first-order chi connectivity index (χ1) is 6.31. The number of rotatable bonds is 2. The van der Waals surface area contributed by atoms with Crippen LogP contribution in [0.15, 0.2) is 10.8 Å². The van der Waals surface area contributed by atoms with Gasteiger partial charge in [0.2, 0.25) is 0 Å². The Hall–Kier alpha value is -0.870. The van der Waals surface area contributed by atoms with Crippen LogP contribution in [-0.2, 0) is 11.3 Å². The summed E-state index contributed by atoms with van der Waals surface area (Å²) in [5.41, 5.74) is 6.40. The fourth-order valence-electron chi connectivity index (χ4n) is 1.76. The first kappa shape index (κ1) is 8.72. The average Bonchev–Trinajstić information content (AvgIpc) is 2.71. The van der Waals surface area contributed by atoms with Gasteiger partial charge in [-0.2, -0.15) is 0 Å². The van der Waals surface area contributed by atoms with Crippen LogP contribution in [0.4, 0.5) is 0 Å². The predicted octanol–water partition coefficient (Wildman–Crippen LogP) is 1.03. The molecule has 4 nitrogen and oxygen atoms in total. The molecule has 1 aliphatic rings. The largest absolute Gasteiger partial charge is 0.448 e. The van der Waals surface area contributed by atoms with Crippen molar-refractivity contribution in [3.63, 3.8) is 0 Å². The lowest BCUT2D eigenvalue weighted by molar-refractivity contribution is 0.122. The van der Waals surface area contributed by atoms with Gasteiger partial charge in [-0.3, -0.25) is 0 Å². The van der Waals surface area contributed by atoms with Crippen molar-refractivity contribution in [1.29, 1.82) is 0 Å². The van der Waals surface area contributed by atoms with Gasteiger partial charge in [0.15, 0.2) is 6.39 Å². The SMILES string of the molecule is CC1CC(c2ocnc2CN)CO1. The molecule has 1 aliphatic heterocycles. The Labute approximate surface area is 77.1 Å². The third-order valence-corrected chi connectivity index (χ3v) is 2.44. The van der Waals surface area contributed by atoms with E-state index >= 15 is 0 Å². The number of oxazole rings is 1. The number of ether oxygens (including phenoxy) is 1. The molecule has 1 saturated heterocycles. The normalized spacial score (nSPS) is 28.2. The van der Waals surface area contributed by atoms with Crippen molar-refractivity contribution in [2.24, 2.45) is 5.73 Å². The molecule has 0 radical (unpaired) electrons. The van der Waals surface area contributed by atoms with E-state index in [-0.39, 0.29) is 0 Å². The maximum absolute atomic E-state index is 5.53. The second kappa shape index (κ2) is 3.47. The van der Waals surface area contributed by atoms with E-state index < -0.39 is 0 Å². The van der Waals surface area contributed by atoms with Gasteiger partial charge in [-0.15, -0.1) is 0 Å². The number of aromatic nitrogens is 1. The highest BCUT2D eigenvalue weighted by atomic mass is 16.5. The Bertz CT molecular complexity index is 285. The summed E-state index contributed by atoms with van der Waals surface area (Å²) in [7, 11) is 0. The zero-order valence-electron chi connectivity index (χ0n) is 7.69. The van der Waals surface area contributed by atoms with E-state index in [4.69, 9.17) is 14.9 Å². The summed E-state index contributed by atoms with van der Waals surface area (Å²) in [6.07, 6.45) is 2.78. The summed E-state index contributed by atoms with van der Waals surface area (Å²) in [6, 6.07) is 0. The monoisotopic (exact) mass is 182 g/mol. The zero-order valence-corrected chi connectivity index (χ0v) is 7.69. The van der Waals surface area contributed by atoms with Crippen molar-refractivity contribution in [2.75, 3.05) is 6.61 Å². The van der Waals surface area contributed by atoms with Crippen LogP contribution in [0.3, 0.4) is 0 Å². The standard InChI is InChI=1S/C9H14N2O2/c1-6-2-7(4-12-6)9-8(3-10)11-5-13-9/h5-7H,2-4,10H2,1H3. The molecule has 0 aromatic carbocycles. The van der Waals surface area contributed by atoms with Crippen LogP contribution in [0.1, 0.15) is 30.7 Å². The summed E-state index contributed by atoms with van der Waals surface area (Å²) in [5, 5.41) is 0. The van der Waals surface area contributed by atoms with E-state index in [1.54, 1.807) is 0 Å². The highest BCUT2D eigenvalue weighted by Crippen LogP contribution is 2.30. The van der Waals surface area contributed by atoms with Crippen molar-refractivity contribution in [3.8, 4) is 0 Å². The number of nitrogens with zero attached hydrogens (tertiary/aromatic N) is 1. The smallest absolute Gasteiger partial charge is 0.181 e. The molecule has 1 aromatic rings. The summed E-state index contributed by atoms with van der Waals surface area (Å²) in [6.45, 7) is 3.23. The van der Waals surface area contributed by atoms with E-state index in [0.29, 0.717) is 18.6 Å². The third kappa shape index (κ3) is 1.59. The van der Waals surface area contributed by atoms with E-state index in [0.717, 1.165) is 24.5 Å². The van der Waals surface area contributed by atoms with E-state index in [1.165, 1.54) is 6.39 Å². The fourth-order valence-corrected chi connectivity index (χ4v) is 1.76. The molecular weight excluding hydrogens is 168 g/mol. The Morgan fingerprint density at radius 2 is 2.54 bits per heavy atom. The van der Waals surface area contributed by atoms with Crippen LogP contribution < -0.4 is 5.73 Å². The summed E-state index contributed by atoms with van der Waals surface area (Å²) < 4.78 is 10.8. The van der Waals surface area contributed by atoms with Gasteiger partial charge in [0.05, 0.1) is 18.4 Å². The molecule has 4 heteroatoms. The Balaban J connectivity index is 2.16. The van der Waals surface area contributed by atoms with E-state index in [1.807, 2.05) is 0 Å². The summed E-state index contributed by atoms with van der Waals surface area (Å²) in [5.74, 6) is 1.25. The van der Waals surface area contributed by atoms with Gasteiger partial charge >= 0.3 is 0 Å². The van der Waals surface area contributed by atoms with Crippen LogP contribution in [0.25, 0.3) is 0 Å². The molecule has 0 amide bonds. The lowest BCUT2D eigenvalue weighted by atomic mass is 10.0. The van der Waals surface area contributed by atoms with Crippen molar-refractivity contribution in [2.45, 2.75) is 31.9 Å². The van der Waals surface area contributed by atoms with Crippen LogP contribution in [0, 0.1) is 0 Å². The molecule has 2 atom stereocenters.